The minimum atomic E-state index is -3.02. The van der Waals surface area contributed by atoms with Crippen LogP contribution in [0.5, 0.6) is 0 Å². The van der Waals surface area contributed by atoms with Gasteiger partial charge in [0.1, 0.15) is 0 Å². The van der Waals surface area contributed by atoms with Crippen molar-refractivity contribution in [3.8, 4) is 0 Å². The maximum Gasteiger partial charge on any atom is 0.213 e. The van der Waals surface area contributed by atoms with E-state index in [4.69, 9.17) is 0 Å². The van der Waals surface area contributed by atoms with Gasteiger partial charge in [0.25, 0.3) is 0 Å². The topological polar surface area (TPSA) is 54.3 Å². The van der Waals surface area contributed by atoms with Crippen LogP contribution in [0.15, 0.2) is 18.3 Å². The number of piperidine rings is 1. The summed E-state index contributed by atoms with van der Waals surface area (Å²) in [5.74, 6) is 0.204. The Morgan fingerprint density at radius 2 is 2.00 bits per heavy atom. The Kier molecular flexibility index (Phi) is 5.84. The van der Waals surface area contributed by atoms with Crippen molar-refractivity contribution in [2.24, 2.45) is 0 Å². The zero-order valence-corrected chi connectivity index (χ0v) is 13.9. The molecule has 1 aromatic rings. The molecule has 120 valence electrons. The van der Waals surface area contributed by atoms with Gasteiger partial charge in [-0.1, -0.05) is 6.92 Å². The lowest BCUT2D eigenvalue weighted by atomic mass is 10.1. The lowest BCUT2D eigenvalue weighted by molar-refractivity contribution is 0.287. The lowest BCUT2D eigenvalue weighted by Gasteiger charge is -2.31. The molecule has 0 radical (unpaired) electrons. The average Bonchev–Trinajstić information content (AvgIpc) is 2.93. The van der Waals surface area contributed by atoms with Crippen LogP contribution in [0.25, 0.3) is 0 Å². The summed E-state index contributed by atoms with van der Waals surface area (Å²) in [5, 5.41) is 3.57. The van der Waals surface area contributed by atoms with E-state index in [2.05, 4.69) is 35.1 Å². The predicted molar refractivity (Wildman–Crippen MR) is 85.6 cm³/mol. The van der Waals surface area contributed by atoms with E-state index in [0.29, 0.717) is 19.1 Å². The van der Waals surface area contributed by atoms with Crippen molar-refractivity contribution in [3.63, 3.8) is 0 Å². The molecule has 1 fully saturated rings. The maximum atomic E-state index is 11.8. The Morgan fingerprint density at radius 3 is 2.62 bits per heavy atom. The minimum Gasteiger partial charge on any atom is -0.350 e. The molecule has 1 aliphatic heterocycles. The monoisotopic (exact) mass is 313 g/mol. The molecule has 0 amide bonds. The fourth-order valence-corrected chi connectivity index (χ4v) is 3.97. The van der Waals surface area contributed by atoms with Crippen LogP contribution in [0.1, 0.15) is 38.8 Å². The summed E-state index contributed by atoms with van der Waals surface area (Å²) < 4.78 is 27.6. The van der Waals surface area contributed by atoms with Crippen LogP contribution in [-0.2, 0) is 23.1 Å². The Hall–Kier alpha value is -0.850. The largest absolute Gasteiger partial charge is 0.350 e. The quantitative estimate of drug-likeness (QED) is 0.835. The first kappa shape index (κ1) is 16.5. The predicted octanol–water partition coefficient (Wildman–Crippen LogP) is 1.80. The Bertz CT molecular complexity index is 531. The van der Waals surface area contributed by atoms with Crippen molar-refractivity contribution < 1.29 is 8.42 Å². The summed E-state index contributed by atoms with van der Waals surface area (Å²) in [6.07, 6.45) is 5.05. The van der Waals surface area contributed by atoms with Crippen molar-refractivity contribution in [2.75, 3.05) is 18.8 Å². The first-order valence-electron chi connectivity index (χ1n) is 7.92. The number of rotatable bonds is 7. The summed E-state index contributed by atoms with van der Waals surface area (Å²) in [5.41, 5.74) is 1.31. The SMILES string of the molecule is CCCn1cccc1CNC1CCN(S(=O)(=O)CC)CC1. The van der Waals surface area contributed by atoms with Gasteiger partial charge >= 0.3 is 0 Å². The summed E-state index contributed by atoms with van der Waals surface area (Å²) in [6.45, 7) is 7.09. The number of nitrogens with zero attached hydrogens (tertiary/aromatic N) is 2. The third-order valence-corrected chi connectivity index (χ3v) is 6.05. The zero-order chi connectivity index (χ0) is 15.3. The van der Waals surface area contributed by atoms with Gasteiger partial charge in [-0.3, -0.25) is 0 Å². The summed E-state index contributed by atoms with van der Waals surface area (Å²) in [6, 6.07) is 4.65. The van der Waals surface area contributed by atoms with Crippen molar-refractivity contribution in [2.45, 2.75) is 52.2 Å². The van der Waals surface area contributed by atoms with Gasteiger partial charge in [-0.05, 0) is 38.3 Å². The molecule has 0 bridgehead atoms. The molecule has 1 aromatic heterocycles. The average molecular weight is 313 g/mol. The van der Waals surface area contributed by atoms with Gasteiger partial charge in [0.2, 0.25) is 10.0 Å². The molecule has 0 unspecified atom stereocenters. The first-order valence-corrected chi connectivity index (χ1v) is 9.53. The molecule has 1 N–H and O–H groups in total. The molecule has 1 aliphatic rings. The van der Waals surface area contributed by atoms with Crippen LogP contribution in [0, 0.1) is 0 Å². The van der Waals surface area contributed by atoms with Gasteiger partial charge in [0.15, 0.2) is 0 Å². The molecule has 0 atom stereocenters. The van der Waals surface area contributed by atoms with Gasteiger partial charge in [-0.25, -0.2) is 12.7 Å². The number of aromatic nitrogens is 1. The Labute approximate surface area is 128 Å². The smallest absolute Gasteiger partial charge is 0.213 e. The second kappa shape index (κ2) is 7.42. The zero-order valence-electron chi connectivity index (χ0n) is 13.1. The number of nitrogens with one attached hydrogen (secondary N) is 1. The molecule has 2 rings (SSSR count). The van der Waals surface area contributed by atoms with Crippen molar-refractivity contribution in [3.05, 3.63) is 24.0 Å². The van der Waals surface area contributed by atoms with E-state index in [9.17, 15) is 8.42 Å². The molecule has 1 saturated heterocycles. The maximum absolute atomic E-state index is 11.8. The van der Waals surface area contributed by atoms with E-state index < -0.39 is 10.0 Å². The third-order valence-electron chi connectivity index (χ3n) is 4.17. The molecule has 0 spiro atoms. The highest BCUT2D eigenvalue weighted by molar-refractivity contribution is 7.89. The first-order chi connectivity index (χ1) is 10.1. The highest BCUT2D eigenvalue weighted by Crippen LogP contribution is 2.15. The molecular weight excluding hydrogens is 286 g/mol. The van der Waals surface area contributed by atoms with Gasteiger partial charge in [0.05, 0.1) is 5.75 Å². The fraction of sp³-hybridized carbons (Fsp3) is 0.733. The van der Waals surface area contributed by atoms with Crippen LogP contribution in [-0.4, -0.2) is 42.2 Å². The third kappa shape index (κ3) is 4.31. The number of sulfonamides is 1. The molecule has 5 nitrogen and oxygen atoms in total. The van der Waals surface area contributed by atoms with Gasteiger partial charge in [0, 0.05) is 44.1 Å². The van der Waals surface area contributed by atoms with E-state index in [1.54, 1.807) is 11.2 Å². The fourth-order valence-electron chi connectivity index (χ4n) is 2.84. The van der Waals surface area contributed by atoms with Crippen molar-refractivity contribution in [1.82, 2.24) is 14.2 Å². The number of hydrogen-bond acceptors (Lipinski definition) is 3. The van der Waals surface area contributed by atoms with E-state index in [0.717, 1.165) is 32.4 Å². The number of aryl methyl sites for hydroxylation is 1. The van der Waals surface area contributed by atoms with Gasteiger partial charge < -0.3 is 9.88 Å². The van der Waals surface area contributed by atoms with Crippen LogP contribution >= 0.6 is 0 Å². The van der Waals surface area contributed by atoms with Gasteiger partial charge in [-0.2, -0.15) is 0 Å². The molecule has 2 heterocycles. The molecule has 0 saturated carbocycles. The van der Waals surface area contributed by atoms with Gasteiger partial charge in [-0.15, -0.1) is 0 Å². The van der Waals surface area contributed by atoms with Crippen LogP contribution in [0.2, 0.25) is 0 Å². The molecule has 0 aromatic carbocycles. The second-order valence-corrected chi connectivity index (χ2v) is 7.91. The highest BCUT2D eigenvalue weighted by Gasteiger charge is 2.26. The van der Waals surface area contributed by atoms with Crippen LogP contribution in [0.3, 0.4) is 0 Å². The van der Waals surface area contributed by atoms with E-state index >= 15 is 0 Å². The number of hydrogen-bond donors (Lipinski definition) is 1. The molecule has 0 aliphatic carbocycles. The summed E-state index contributed by atoms with van der Waals surface area (Å²) >= 11 is 0. The van der Waals surface area contributed by atoms with Crippen LogP contribution in [0.4, 0.5) is 0 Å². The lowest BCUT2D eigenvalue weighted by Crippen LogP contribution is -2.45. The Balaban J connectivity index is 1.80. The van der Waals surface area contributed by atoms with E-state index in [1.807, 2.05) is 0 Å². The second-order valence-electron chi connectivity index (χ2n) is 5.65. The summed E-state index contributed by atoms with van der Waals surface area (Å²) in [7, 11) is -3.02. The van der Waals surface area contributed by atoms with E-state index in [-0.39, 0.29) is 5.75 Å². The normalized spacial score (nSPS) is 18.2. The van der Waals surface area contributed by atoms with Crippen molar-refractivity contribution >= 4 is 10.0 Å². The molecular formula is C15H27N3O2S. The minimum absolute atomic E-state index is 0.204. The molecule has 6 heteroatoms. The molecule has 21 heavy (non-hydrogen) atoms. The Morgan fingerprint density at radius 1 is 1.29 bits per heavy atom. The summed E-state index contributed by atoms with van der Waals surface area (Å²) in [4.78, 5) is 0. The van der Waals surface area contributed by atoms with Crippen molar-refractivity contribution in [1.29, 1.82) is 0 Å². The highest BCUT2D eigenvalue weighted by atomic mass is 32.2. The van der Waals surface area contributed by atoms with Crippen LogP contribution < -0.4 is 5.32 Å². The standard InChI is InChI=1S/C15H27N3O2S/c1-3-9-17-10-5-6-15(17)13-16-14-7-11-18(12-8-14)21(19,20)4-2/h5-6,10,14,16H,3-4,7-9,11-13H2,1-2H3. The van der Waals surface area contributed by atoms with E-state index in [1.165, 1.54) is 5.69 Å².